The zero-order valence-corrected chi connectivity index (χ0v) is 25.7. The minimum atomic E-state index is -1.76. The van der Waals surface area contributed by atoms with E-state index in [1.165, 1.54) is 0 Å². The number of carboxylic acids is 1. The third kappa shape index (κ3) is 12.9. The number of aliphatic hydroxyl groups excluding tert-OH is 6. The Hall–Kier alpha value is -1.72. The van der Waals surface area contributed by atoms with Gasteiger partial charge in [-0.3, -0.25) is 9.59 Å². The number of carbonyl (C=O) groups excluding carboxylic acids is 1. The molecule has 2 aliphatic heterocycles. The molecule has 0 amide bonds. The van der Waals surface area contributed by atoms with Crippen molar-refractivity contribution in [1.82, 2.24) is 0 Å². The summed E-state index contributed by atoms with van der Waals surface area (Å²) in [5, 5.41) is 70.6. The maximum atomic E-state index is 11.2. The fourth-order valence-corrected chi connectivity index (χ4v) is 5.13. The van der Waals surface area contributed by atoms with E-state index in [2.05, 4.69) is 12.2 Å². The molecule has 0 aromatic rings. The second-order valence-corrected chi connectivity index (χ2v) is 11.5. The van der Waals surface area contributed by atoms with E-state index < -0.39 is 86.6 Å². The number of hydrogen-bond acceptors (Lipinski definition) is 13. The molecule has 11 unspecified atom stereocenters. The molecule has 0 radical (unpaired) electrons. The lowest BCUT2D eigenvalue weighted by atomic mass is 9.97. The summed E-state index contributed by atoms with van der Waals surface area (Å²) in [6.45, 7) is 1.93. The van der Waals surface area contributed by atoms with Crippen LogP contribution < -0.4 is 0 Å². The molecule has 0 saturated carbocycles. The summed E-state index contributed by atoms with van der Waals surface area (Å²) in [5.74, 6) is -1.39. The van der Waals surface area contributed by atoms with Crippen molar-refractivity contribution in [2.24, 2.45) is 0 Å². The highest BCUT2D eigenvalue weighted by atomic mass is 16.8. The average molecular weight is 637 g/mol. The van der Waals surface area contributed by atoms with E-state index in [-0.39, 0.29) is 12.5 Å². The Morgan fingerprint density at radius 3 is 2.00 bits per heavy atom. The van der Waals surface area contributed by atoms with Gasteiger partial charge < -0.3 is 59.4 Å². The van der Waals surface area contributed by atoms with Crippen molar-refractivity contribution >= 4 is 11.9 Å². The second kappa shape index (κ2) is 20.4. The Labute approximate surface area is 258 Å². The molecule has 2 rings (SSSR count). The molecule has 44 heavy (non-hydrogen) atoms. The molecule has 0 aromatic heterocycles. The van der Waals surface area contributed by atoms with Crippen LogP contribution in [-0.4, -0.2) is 128 Å². The molecule has 0 aromatic carbocycles. The molecule has 256 valence electrons. The Morgan fingerprint density at radius 2 is 1.36 bits per heavy atom. The number of carbonyl (C=O) groups is 2. The lowest BCUT2D eigenvalue weighted by Crippen LogP contribution is -2.65. The quantitative estimate of drug-likeness (QED) is 0.0550. The van der Waals surface area contributed by atoms with Gasteiger partial charge >= 0.3 is 11.9 Å². The van der Waals surface area contributed by atoms with Gasteiger partial charge in [0.25, 0.3) is 0 Å². The molecule has 0 aliphatic carbocycles. The van der Waals surface area contributed by atoms with Crippen LogP contribution in [0.25, 0.3) is 0 Å². The lowest BCUT2D eigenvalue weighted by Gasteiger charge is -2.46. The van der Waals surface area contributed by atoms with Crippen molar-refractivity contribution in [1.29, 1.82) is 0 Å². The van der Waals surface area contributed by atoms with Crippen molar-refractivity contribution in [3.8, 4) is 0 Å². The first-order valence-electron chi connectivity index (χ1n) is 15.6. The summed E-state index contributed by atoms with van der Waals surface area (Å²) >= 11 is 0. The van der Waals surface area contributed by atoms with E-state index in [0.717, 1.165) is 64.7 Å². The van der Waals surface area contributed by atoms with Crippen LogP contribution in [0.2, 0.25) is 0 Å². The van der Waals surface area contributed by atoms with Gasteiger partial charge in [-0.05, 0) is 45.4 Å². The summed E-state index contributed by atoms with van der Waals surface area (Å²) in [6, 6.07) is 0. The van der Waals surface area contributed by atoms with Crippen LogP contribution in [0.5, 0.6) is 0 Å². The number of rotatable bonds is 20. The van der Waals surface area contributed by atoms with Crippen LogP contribution in [0.1, 0.15) is 84.5 Å². The van der Waals surface area contributed by atoms with E-state index in [1.54, 1.807) is 6.92 Å². The molecule has 11 atom stereocenters. The average Bonchev–Trinajstić information content (AvgIpc) is 2.98. The summed E-state index contributed by atoms with van der Waals surface area (Å²) in [5.41, 5.74) is 0. The van der Waals surface area contributed by atoms with Crippen molar-refractivity contribution < 1.29 is 69.0 Å². The lowest BCUT2D eigenvalue weighted by molar-refractivity contribution is -0.371. The van der Waals surface area contributed by atoms with Gasteiger partial charge in [-0.2, -0.15) is 0 Å². The first-order chi connectivity index (χ1) is 21.0. The van der Waals surface area contributed by atoms with Crippen LogP contribution >= 0.6 is 0 Å². The summed E-state index contributed by atoms with van der Waals surface area (Å²) in [6.07, 6.45) is -1.70. The molecular formula is C30H52O14. The van der Waals surface area contributed by atoms with Crippen LogP contribution in [0, 0.1) is 0 Å². The van der Waals surface area contributed by atoms with Crippen molar-refractivity contribution in [3.05, 3.63) is 12.2 Å². The molecule has 7 N–H and O–H groups in total. The zero-order valence-electron chi connectivity index (χ0n) is 25.7. The van der Waals surface area contributed by atoms with Gasteiger partial charge in [0, 0.05) is 13.3 Å². The van der Waals surface area contributed by atoms with E-state index in [0.29, 0.717) is 6.42 Å². The van der Waals surface area contributed by atoms with Gasteiger partial charge in [0.15, 0.2) is 12.6 Å². The maximum absolute atomic E-state index is 11.2. The number of carboxylic acid groups (broad SMARTS) is 1. The van der Waals surface area contributed by atoms with E-state index in [1.807, 2.05) is 0 Å². The van der Waals surface area contributed by atoms with Crippen molar-refractivity contribution in [2.45, 2.75) is 152 Å². The Morgan fingerprint density at radius 1 is 0.773 bits per heavy atom. The highest BCUT2D eigenvalue weighted by Crippen LogP contribution is 2.30. The van der Waals surface area contributed by atoms with Gasteiger partial charge in [0.2, 0.25) is 0 Å². The number of aliphatic hydroxyl groups is 6. The van der Waals surface area contributed by atoms with Crippen molar-refractivity contribution in [3.63, 3.8) is 0 Å². The third-order valence-corrected chi connectivity index (χ3v) is 7.76. The van der Waals surface area contributed by atoms with Crippen LogP contribution in [-0.2, 0) is 33.3 Å². The topological polar surface area (TPSA) is 222 Å². The summed E-state index contributed by atoms with van der Waals surface area (Å²) in [7, 11) is 0. The van der Waals surface area contributed by atoms with Gasteiger partial charge in [-0.1, -0.05) is 37.8 Å². The van der Waals surface area contributed by atoms with Crippen LogP contribution in [0.15, 0.2) is 12.2 Å². The second-order valence-electron chi connectivity index (χ2n) is 11.5. The van der Waals surface area contributed by atoms with Gasteiger partial charge in [-0.25, -0.2) is 0 Å². The third-order valence-electron chi connectivity index (χ3n) is 7.76. The SMILES string of the molecule is CC(=O)OCC1OC(OC2C(OC(C)CCCC/C=C\CCCCCCCC(=O)O)OC(CO)C(O)C2O)C(O)C(O)C1O. The number of hydrogen-bond donors (Lipinski definition) is 7. The van der Waals surface area contributed by atoms with Crippen LogP contribution in [0.3, 0.4) is 0 Å². The normalized spacial score (nSPS) is 33.4. The fraction of sp³-hybridized carbons (Fsp3) is 0.867. The smallest absolute Gasteiger partial charge is 0.303 e. The van der Waals surface area contributed by atoms with Crippen molar-refractivity contribution in [2.75, 3.05) is 13.2 Å². The molecule has 2 heterocycles. The Bertz CT molecular complexity index is 856. The summed E-state index contributed by atoms with van der Waals surface area (Å²) in [4.78, 5) is 21.7. The molecule has 14 nitrogen and oxygen atoms in total. The molecule has 2 saturated heterocycles. The molecule has 2 aliphatic rings. The number of esters is 1. The highest BCUT2D eigenvalue weighted by molar-refractivity contribution is 5.66. The molecule has 0 spiro atoms. The predicted octanol–water partition coefficient (Wildman–Crippen LogP) is 0.518. The molecular weight excluding hydrogens is 584 g/mol. The van der Waals surface area contributed by atoms with Gasteiger partial charge in [-0.15, -0.1) is 0 Å². The van der Waals surface area contributed by atoms with Gasteiger partial charge in [0.05, 0.1) is 12.7 Å². The minimum Gasteiger partial charge on any atom is -0.481 e. The Balaban J connectivity index is 1.83. The number of allylic oxidation sites excluding steroid dienone is 2. The van der Waals surface area contributed by atoms with E-state index >= 15 is 0 Å². The molecule has 14 heteroatoms. The van der Waals surface area contributed by atoms with E-state index in [4.69, 9.17) is 28.8 Å². The standard InChI is InChI=1S/C30H52O14/c1-18(14-12-10-8-6-4-3-5-7-9-11-13-15-22(33)34)41-30-28(26(38)23(35)20(16-31)42-30)44-29-27(39)25(37)24(36)21(43-29)17-40-19(2)32/h4,6,18,20-21,23-31,35-39H,3,5,7-17H2,1-2H3,(H,33,34)/b6-4-. The first kappa shape index (κ1) is 38.5. The maximum Gasteiger partial charge on any atom is 0.303 e. The highest BCUT2D eigenvalue weighted by Gasteiger charge is 2.51. The number of aliphatic carboxylic acids is 1. The largest absolute Gasteiger partial charge is 0.481 e. The summed E-state index contributed by atoms with van der Waals surface area (Å²) < 4.78 is 27.9. The zero-order chi connectivity index (χ0) is 32.6. The fourth-order valence-electron chi connectivity index (χ4n) is 5.13. The Kier molecular flexibility index (Phi) is 17.8. The molecule has 0 bridgehead atoms. The number of unbranched alkanes of at least 4 members (excludes halogenated alkanes) is 7. The van der Waals surface area contributed by atoms with E-state index in [9.17, 15) is 40.2 Å². The predicted molar refractivity (Wildman–Crippen MR) is 154 cm³/mol. The van der Waals surface area contributed by atoms with Crippen LogP contribution in [0.4, 0.5) is 0 Å². The van der Waals surface area contributed by atoms with Gasteiger partial charge in [0.1, 0.15) is 55.4 Å². The monoisotopic (exact) mass is 636 g/mol. The number of ether oxygens (including phenoxy) is 5. The molecule has 2 fully saturated rings. The first-order valence-corrected chi connectivity index (χ1v) is 15.6. The minimum absolute atomic E-state index is 0.233.